The molecule has 0 bridgehead atoms. The smallest absolute Gasteiger partial charge is 0.143 e. The molecular weight excluding hydrogens is 404 g/mol. The molecule has 0 aliphatic heterocycles. The SMILES string of the molecule is C#Cc1cc(Oc2ccc(N)c(O)c2)cc2ccc(Oc3ccc(N)c(O)c3)c(C#C)c12. The summed E-state index contributed by atoms with van der Waals surface area (Å²) in [6, 6.07) is 16.1. The van der Waals surface area contributed by atoms with Crippen LogP contribution >= 0.6 is 0 Å². The van der Waals surface area contributed by atoms with E-state index >= 15 is 0 Å². The van der Waals surface area contributed by atoms with Gasteiger partial charge in [-0.1, -0.05) is 17.9 Å². The molecule has 0 radical (unpaired) electrons. The number of aromatic hydroxyl groups is 2. The minimum Gasteiger partial charge on any atom is -0.506 e. The average molecular weight is 422 g/mol. The third-order valence-corrected chi connectivity index (χ3v) is 4.82. The molecule has 0 heterocycles. The number of ether oxygens (including phenoxy) is 2. The van der Waals surface area contributed by atoms with Gasteiger partial charge in [0.1, 0.15) is 34.5 Å². The number of hydrogen-bond donors (Lipinski definition) is 4. The summed E-state index contributed by atoms with van der Waals surface area (Å²) < 4.78 is 11.8. The maximum absolute atomic E-state index is 9.83. The molecule has 0 spiro atoms. The van der Waals surface area contributed by atoms with Crippen molar-refractivity contribution in [3.63, 3.8) is 0 Å². The van der Waals surface area contributed by atoms with E-state index in [2.05, 4.69) is 11.8 Å². The third-order valence-electron chi connectivity index (χ3n) is 4.82. The second kappa shape index (κ2) is 8.06. The number of nitrogen functional groups attached to an aromatic ring is 2. The summed E-state index contributed by atoms with van der Waals surface area (Å²) in [7, 11) is 0. The Morgan fingerprint density at radius 3 is 1.88 bits per heavy atom. The number of phenols is 2. The van der Waals surface area contributed by atoms with Gasteiger partial charge in [-0.3, -0.25) is 0 Å². The minimum absolute atomic E-state index is 0.0782. The molecule has 0 saturated heterocycles. The Hall–Kier alpha value is -4.94. The summed E-state index contributed by atoms with van der Waals surface area (Å²) in [5.41, 5.74) is 12.7. The van der Waals surface area contributed by atoms with Crippen molar-refractivity contribution in [1.82, 2.24) is 0 Å². The fourth-order valence-electron chi connectivity index (χ4n) is 3.26. The molecule has 0 fully saturated rings. The largest absolute Gasteiger partial charge is 0.506 e. The summed E-state index contributed by atoms with van der Waals surface area (Å²) in [6.07, 6.45) is 11.6. The molecule has 4 aromatic rings. The summed E-state index contributed by atoms with van der Waals surface area (Å²) in [5.74, 6) is 6.76. The second-order valence-electron chi connectivity index (χ2n) is 6.94. The van der Waals surface area contributed by atoms with Crippen LogP contribution in [0.25, 0.3) is 10.8 Å². The van der Waals surface area contributed by atoms with Gasteiger partial charge in [0.15, 0.2) is 0 Å². The quantitative estimate of drug-likeness (QED) is 0.210. The monoisotopic (exact) mass is 422 g/mol. The number of fused-ring (bicyclic) bond motifs is 1. The number of phenolic OH excluding ortho intramolecular Hbond substituents is 2. The first-order valence-electron chi connectivity index (χ1n) is 9.46. The highest BCUT2D eigenvalue weighted by Gasteiger charge is 2.14. The van der Waals surface area contributed by atoms with Crippen molar-refractivity contribution in [2.45, 2.75) is 0 Å². The van der Waals surface area contributed by atoms with E-state index in [-0.39, 0.29) is 22.9 Å². The molecule has 0 atom stereocenters. The van der Waals surface area contributed by atoms with E-state index in [1.807, 2.05) is 0 Å². The molecule has 4 rings (SSSR count). The van der Waals surface area contributed by atoms with Crippen LogP contribution in [0.1, 0.15) is 11.1 Å². The molecule has 6 N–H and O–H groups in total. The number of terminal acetylenes is 2. The van der Waals surface area contributed by atoms with Crippen molar-refractivity contribution in [1.29, 1.82) is 0 Å². The van der Waals surface area contributed by atoms with Crippen molar-refractivity contribution in [2.24, 2.45) is 0 Å². The standard InChI is InChI=1S/C26H18N2O4/c1-3-15-11-19(31-17-6-8-21(27)23(29)13-17)12-16-5-10-25(20(4-2)26(15)16)32-18-7-9-22(28)24(30)14-18/h1-2,5-14,29-30H,27-28H2. The highest BCUT2D eigenvalue weighted by Crippen LogP contribution is 2.38. The molecule has 0 amide bonds. The van der Waals surface area contributed by atoms with Crippen molar-refractivity contribution in [2.75, 3.05) is 11.5 Å². The molecule has 6 heteroatoms. The Morgan fingerprint density at radius 1 is 0.688 bits per heavy atom. The van der Waals surface area contributed by atoms with Gasteiger partial charge in [0, 0.05) is 23.1 Å². The average Bonchev–Trinajstić information content (AvgIpc) is 2.78. The predicted molar refractivity (Wildman–Crippen MR) is 125 cm³/mol. The first-order chi connectivity index (χ1) is 15.4. The number of benzene rings is 4. The summed E-state index contributed by atoms with van der Waals surface area (Å²) in [6.45, 7) is 0. The Kier molecular flexibility index (Phi) is 5.12. The van der Waals surface area contributed by atoms with Crippen LogP contribution in [0.5, 0.6) is 34.5 Å². The van der Waals surface area contributed by atoms with Gasteiger partial charge in [-0.2, -0.15) is 0 Å². The van der Waals surface area contributed by atoms with Crippen molar-refractivity contribution < 1.29 is 19.7 Å². The summed E-state index contributed by atoms with van der Waals surface area (Å²) in [4.78, 5) is 0. The van der Waals surface area contributed by atoms with Crippen LogP contribution in [0.4, 0.5) is 11.4 Å². The Balaban J connectivity index is 1.78. The van der Waals surface area contributed by atoms with E-state index in [1.54, 1.807) is 42.5 Å². The zero-order valence-electron chi connectivity index (χ0n) is 16.8. The fraction of sp³-hybridized carbons (Fsp3) is 0. The molecule has 0 saturated carbocycles. The lowest BCUT2D eigenvalue weighted by Gasteiger charge is -2.14. The van der Waals surface area contributed by atoms with Gasteiger partial charge in [-0.15, -0.1) is 12.8 Å². The zero-order chi connectivity index (χ0) is 22.8. The molecule has 0 aromatic heterocycles. The number of anilines is 2. The van der Waals surface area contributed by atoms with Crippen LogP contribution in [0.2, 0.25) is 0 Å². The van der Waals surface area contributed by atoms with Crippen LogP contribution in [-0.4, -0.2) is 10.2 Å². The first-order valence-corrected chi connectivity index (χ1v) is 9.46. The lowest BCUT2D eigenvalue weighted by molar-refractivity contribution is 0.455. The zero-order valence-corrected chi connectivity index (χ0v) is 16.8. The van der Waals surface area contributed by atoms with E-state index in [1.165, 1.54) is 18.2 Å². The second-order valence-corrected chi connectivity index (χ2v) is 6.94. The fourth-order valence-corrected chi connectivity index (χ4v) is 3.26. The molecule has 156 valence electrons. The number of nitrogens with two attached hydrogens (primary N) is 2. The Bertz CT molecular complexity index is 1450. The van der Waals surface area contributed by atoms with Crippen molar-refractivity contribution in [3.8, 4) is 59.2 Å². The van der Waals surface area contributed by atoms with Gasteiger partial charge in [0.2, 0.25) is 0 Å². The number of hydrogen-bond acceptors (Lipinski definition) is 6. The maximum atomic E-state index is 9.83. The lowest BCUT2D eigenvalue weighted by atomic mass is 9.98. The van der Waals surface area contributed by atoms with E-state index < -0.39 is 0 Å². The normalized spacial score (nSPS) is 10.3. The van der Waals surface area contributed by atoms with Crippen LogP contribution in [0.3, 0.4) is 0 Å². The lowest BCUT2D eigenvalue weighted by Crippen LogP contribution is -1.94. The number of rotatable bonds is 4. The van der Waals surface area contributed by atoms with Gasteiger partial charge in [0.25, 0.3) is 0 Å². The molecule has 32 heavy (non-hydrogen) atoms. The first kappa shape index (κ1) is 20.3. The van der Waals surface area contributed by atoms with Gasteiger partial charge in [-0.05, 0) is 47.9 Å². The highest BCUT2D eigenvalue weighted by atomic mass is 16.5. The Morgan fingerprint density at radius 2 is 1.31 bits per heavy atom. The molecule has 0 aliphatic rings. The van der Waals surface area contributed by atoms with E-state index in [0.717, 1.165) is 5.39 Å². The summed E-state index contributed by atoms with van der Waals surface area (Å²) >= 11 is 0. The molecule has 6 nitrogen and oxygen atoms in total. The maximum Gasteiger partial charge on any atom is 0.143 e. The minimum atomic E-state index is -0.0923. The summed E-state index contributed by atoms with van der Waals surface area (Å²) in [5, 5.41) is 21.0. The molecular formula is C26H18N2O4. The van der Waals surface area contributed by atoms with E-state index in [9.17, 15) is 10.2 Å². The van der Waals surface area contributed by atoms with Gasteiger partial charge in [0.05, 0.1) is 16.9 Å². The van der Waals surface area contributed by atoms with E-state index in [0.29, 0.717) is 39.5 Å². The molecule has 0 unspecified atom stereocenters. The van der Waals surface area contributed by atoms with Crippen LogP contribution < -0.4 is 20.9 Å². The third kappa shape index (κ3) is 3.77. The topological polar surface area (TPSA) is 111 Å². The van der Waals surface area contributed by atoms with E-state index in [4.69, 9.17) is 33.8 Å². The Labute approximate surface area is 184 Å². The van der Waals surface area contributed by atoms with Gasteiger partial charge in [-0.25, -0.2) is 0 Å². The van der Waals surface area contributed by atoms with Crippen LogP contribution in [0, 0.1) is 24.7 Å². The molecule has 0 aliphatic carbocycles. The predicted octanol–water partition coefficient (Wildman–Crippen LogP) is 4.96. The van der Waals surface area contributed by atoms with Crippen LogP contribution in [0.15, 0.2) is 60.7 Å². The van der Waals surface area contributed by atoms with Gasteiger partial charge < -0.3 is 31.2 Å². The van der Waals surface area contributed by atoms with Gasteiger partial charge >= 0.3 is 0 Å². The highest BCUT2D eigenvalue weighted by molar-refractivity contribution is 5.96. The van der Waals surface area contributed by atoms with Crippen LogP contribution in [-0.2, 0) is 0 Å². The van der Waals surface area contributed by atoms with Crippen molar-refractivity contribution >= 4 is 22.1 Å². The van der Waals surface area contributed by atoms with Crippen molar-refractivity contribution in [3.05, 3.63) is 71.8 Å². The molecule has 4 aromatic carbocycles.